The fourth-order valence-electron chi connectivity index (χ4n) is 1.21. The van der Waals surface area contributed by atoms with Gasteiger partial charge in [0.25, 0.3) is 0 Å². The van der Waals surface area contributed by atoms with Crippen LogP contribution in [0.4, 0.5) is 0 Å². The van der Waals surface area contributed by atoms with E-state index >= 15 is 0 Å². The van der Waals surface area contributed by atoms with Crippen LogP contribution in [-0.4, -0.2) is 27.6 Å². The zero-order valence-electron chi connectivity index (χ0n) is 11.9. The predicted molar refractivity (Wildman–Crippen MR) is 77.0 cm³/mol. The zero-order valence-corrected chi connectivity index (χ0v) is 13.9. The third-order valence-corrected chi connectivity index (χ3v) is 3.40. The molecule has 0 aliphatic heterocycles. The van der Waals surface area contributed by atoms with E-state index in [0.717, 1.165) is 0 Å². The Morgan fingerprint density at radius 3 is 2.06 bits per heavy atom. The molecule has 0 amide bonds. The van der Waals surface area contributed by atoms with Gasteiger partial charge in [-0.25, -0.2) is 9.78 Å². The first-order valence-electron chi connectivity index (χ1n) is 5.95. The van der Waals surface area contributed by atoms with E-state index in [2.05, 4.69) is 24.6 Å². The third-order valence-electron chi connectivity index (χ3n) is 1.78. The van der Waals surface area contributed by atoms with Gasteiger partial charge in [-0.05, 0) is 51.4 Å². The van der Waals surface area contributed by atoms with Crippen LogP contribution in [0.25, 0.3) is 0 Å². The molecule has 6 heteroatoms. The molecule has 0 unspecified atom stereocenters. The Kier molecular flexibility index (Phi) is 4.34. The van der Waals surface area contributed by atoms with Gasteiger partial charge in [-0.3, -0.25) is 0 Å². The number of pyridine rings is 1. The highest BCUT2D eigenvalue weighted by Gasteiger charge is 2.22. The number of aromatic nitrogens is 1. The Hall–Kier alpha value is -1.15. The molecular weight excluding hydrogens is 262 g/mol. The standard InChI is InChI=1S/C12H21NO3Si2/c1-17(2,3)15-11-8-7-10(9-13-11)12(14)16-18(4,5)6/h7-9H,1-6H3. The summed E-state index contributed by atoms with van der Waals surface area (Å²) in [4.78, 5) is 15.9. The molecule has 0 saturated carbocycles. The van der Waals surface area contributed by atoms with Gasteiger partial charge in [-0.1, -0.05) is 0 Å². The van der Waals surface area contributed by atoms with Gasteiger partial charge in [0.15, 0.2) is 5.88 Å². The number of hydrogen-bond acceptors (Lipinski definition) is 4. The van der Waals surface area contributed by atoms with Crippen molar-refractivity contribution < 1.29 is 13.6 Å². The van der Waals surface area contributed by atoms with Crippen LogP contribution < -0.4 is 4.43 Å². The van der Waals surface area contributed by atoms with E-state index in [4.69, 9.17) is 8.85 Å². The molecule has 0 spiro atoms. The number of nitrogens with zero attached hydrogens (tertiary/aromatic N) is 1. The lowest BCUT2D eigenvalue weighted by molar-refractivity contribution is 0.0724. The van der Waals surface area contributed by atoms with Gasteiger partial charge in [0, 0.05) is 6.20 Å². The minimum atomic E-state index is -1.86. The summed E-state index contributed by atoms with van der Waals surface area (Å²) in [6, 6.07) is 3.42. The molecule has 0 radical (unpaired) electrons. The van der Waals surface area contributed by atoms with E-state index in [1.165, 1.54) is 6.20 Å². The zero-order chi connectivity index (χ0) is 14.0. The molecule has 4 nitrogen and oxygen atoms in total. The van der Waals surface area contributed by atoms with Gasteiger partial charge in [0.05, 0.1) is 5.56 Å². The smallest absolute Gasteiger partial charge is 0.326 e. The third kappa shape index (κ3) is 5.46. The van der Waals surface area contributed by atoms with Crippen molar-refractivity contribution in [1.29, 1.82) is 0 Å². The summed E-state index contributed by atoms with van der Waals surface area (Å²) >= 11 is 0. The van der Waals surface area contributed by atoms with Gasteiger partial charge >= 0.3 is 5.97 Å². The molecule has 0 aliphatic rings. The van der Waals surface area contributed by atoms with E-state index in [1.54, 1.807) is 12.1 Å². The van der Waals surface area contributed by atoms with E-state index < -0.39 is 16.6 Å². The van der Waals surface area contributed by atoms with Crippen molar-refractivity contribution in [3.63, 3.8) is 0 Å². The first kappa shape index (κ1) is 14.9. The van der Waals surface area contributed by atoms with Crippen molar-refractivity contribution >= 4 is 22.6 Å². The fourth-order valence-corrected chi connectivity index (χ4v) is 2.63. The van der Waals surface area contributed by atoms with Crippen LogP contribution in [0.3, 0.4) is 0 Å². The molecule has 100 valence electrons. The highest BCUT2D eigenvalue weighted by Crippen LogP contribution is 2.15. The Morgan fingerprint density at radius 2 is 1.67 bits per heavy atom. The fraction of sp³-hybridized carbons (Fsp3) is 0.500. The SMILES string of the molecule is C[Si](C)(C)OC(=O)c1ccc(O[Si](C)(C)C)nc1. The Balaban J connectivity index is 2.74. The number of carbonyl (C=O) groups is 1. The Labute approximate surface area is 111 Å². The van der Waals surface area contributed by atoms with Crippen LogP contribution >= 0.6 is 0 Å². The Morgan fingerprint density at radius 1 is 1.06 bits per heavy atom. The molecular formula is C12H21NO3Si2. The second-order valence-corrected chi connectivity index (χ2v) is 15.0. The summed E-state index contributed by atoms with van der Waals surface area (Å²) in [5, 5.41) is 0. The van der Waals surface area contributed by atoms with Crippen LogP contribution in [0.15, 0.2) is 18.3 Å². The van der Waals surface area contributed by atoms with Crippen LogP contribution in [0.2, 0.25) is 39.3 Å². The number of rotatable bonds is 4. The van der Waals surface area contributed by atoms with Gasteiger partial charge < -0.3 is 8.85 Å². The lowest BCUT2D eigenvalue weighted by Crippen LogP contribution is -2.30. The highest BCUT2D eigenvalue weighted by molar-refractivity contribution is 6.71. The van der Waals surface area contributed by atoms with Gasteiger partial charge in [-0.15, -0.1) is 0 Å². The van der Waals surface area contributed by atoms with Gasteiger partial charge in [0.2, 0.25) is 16.6 Å². The molecule has 1 rings (SSSR count). The van der Waals surface area contributed by atoms with E-state index in [0.29, 0.717) is 11.4 Å². The normalized spacial score (nSPS) is 12.1. The molecule has 0 aliphatic carbocycles. The average Bonchev–Trinajstić information content (AvgIpc) is 2.13. The van der Waals surface area contributed by atoms with Crippen molar-refractivity contribution in [2.24, 2.45) is 0 Å². The summed E-state index contributed by atoms with van der Waals surface area (Å²) in [5.41, 5.74) is 0.473. The molecule has 1 aromatic heterocycles. The predicted octanol–water partition coefficient (Wildman–Crippen LogP) is 3.29. The molecule has 1 heterocycles. The van der Waals surface area contributed by atoms with Gasteiger partial charge in [0.1, 0.15) is 0 Å². The maximum Gasteiger partial charge on any atom is 0.326 e. The lowest BCUT2D eigenvalue weighted by Gasteiger charge is -2.19. The van der Waals surface area contributed by atoms with Crippen LogP contribution in [-0.2, 0) is 4.43 Å². The van der Waals surface area contributed by atoms with Gasteiger partial charge in [-0.2, -0.15) is 0 Å². The topological polar surface area (TPSA) is 48.4 Å². The van der Waals surface area contributed by atoms with E-state index in [1.807, 2.05) is 19.6 Å². The summed E-state index contributed by atoms with van der Waals surface area (Å²) in [7, 11) is -3.51. The monoisotopic (exact) mass is 283 g/mol. The molecule has 18 heavy (non-hydrogen) atoms. The maximum atomic E-state index is 11.8. The van der Waals surface area contributed by atoms with Crippen molar-refractivity contribution in [3.05, 3.63) is 23.9 Å². The summed E-state index contributed by atoms with van der Waals surface area (Å²) in [6.45, 7) is 12.2. The highest BCUT2D eigenvalue weighted by atomic mass is 28.4. The molecule has 0 bridgehead atoms. The van der Waals surface area contributed by atoms with Crippen LogP contribution in [0.1, 0.15) is 10.4 Å². The molecule has 0 saturated heterocycles. The minimum absolute atomic E-state index is 0.304. The lowest BCUT2D eigenvalue weighted by atomic mass is 10.3. The minimum Gasteiger partial charge on any atom is -0.531 e. The summed E-state index contributed by atoms with van der Waals surface area (Å²) in [5.74, 6) is 0.264. The molecule has 0 atom stereocenters. The average molecular weight is 283 g/mol. The van der Waals surface area contributed by atoms with E-state index in [-0.39, 0.29) is 5.97 Å². The quantitative estimate of drug-likeness (QED) is 0.796. The van der Waals surface area contributed by atoms with Crippen molar-refractivity contribution in [2.75, 3.05) is 0 Å². The molecule has 0 fully saturated rings. The molecule has 1 aromatic rings. The van der Waals surface area contributed by atoms with Crippen LogP contribution in [0.5, 0.6) is 5.88 Å². The van der Waals surface area contributed by atoms with Crippen molar-refractivity contribution in [2.45, 2.75) is 39.3 Å². The molecule has 0 aromatic carbocycles. The second-order valence-electron chi connectivity index (χ2n) is 6.10. The summed E-state index contributed by atoms with van der Waals surface area (Å²) in [6.07, 6.45) is 1.51. The number of carbonyl (C=O) groups excluding carboxylic acids is 1. The molecule has 0 N–H and O–H groups in total. The van der Waals surface area contributed by atoms with Crippen LogP contribution in [0, 0.1) is 0 Å². The first-order chi connectivity index (χ1) is 8.07. The summed E-state index contributed by atoms with van der Waals surface area (Å²) < 4.78 is 11.1. The van der Waals surface area contributed by atoms with Crippen molar-refractivity contribution in [1.82, 2.24) is 4.98 Å². The largest absolute Gasteiger partial charge is 0.531 e. The first-order valence-corrected chi connectivity index (χ1v) is 12.8. The number of hydrogen-bond donors (Lipinski definition) is 0. The Bertz CT molecular complexity index is 418. The second kappa shape index (κ2) is 5.23. The maximum absolute atomic E-state index is 11.8. The van der Waals surface area contributed by atoms with Crippen molar-refractivity contribution in [3.8, 4) is 5.88 Å². The van der Waals surface area contributed by atoms with E-state index in [9.17, 15) is 4.79 Å².